The van der Waals surface area contributed by atoms with Gasteiger partial charge in [-0.3, -0.25) is 0 Å². The Labute approximate surface area is 85.9 Å². The molecule has 0 aromatic heterocycles. The van der Waals surface area contributed by atoms with Crippen LogP contribution in [0.4, 0.5) is 0 Å². The number of carbonyl (C=O) groups is 2. The highest BCUT2D eigenvalue weighted by Gasteiger charge is 2.08. The summed E-state index contributed by atoms with van der Waals surface area (Å²) in [7, 11) is 0. The zero-order valence-electron chi connectivity index (χ0n) is 8.06. The number of aliphatic carboxylic acids is 1. The molecular weight excluding hydrogens is 200 g/mol. The SMILES string of the molecule is Cc1ccc(C(=O)O)cc1OCC(=O)O. The van der Waals surface area contributed by atoms with Crippen molar-refractivity contribution in [1.82, 2.24) is 0 Å². The molecule has 0 saturated carbocycles. The van der Waals surface area contributed by atoms with Crippen molar-refractivity contribution >= 4 is 11.9 Å². The number of ether oxygens (including phenoxy) is 1. The van der Waals surface area contributed by atoms with Crippen LogP contribution < -0.4 is 4.74 Å². The molecule has 2 N–H and O–H groups in total. The maximum Gasteiger partial charge on any atom is 0.341 e. The van der Waals surface area contributed by atoms with E-state index in [9.17, 15) is 9.59 Å². The number of carboxylic acid groups (broad SMARTS) is 2. The molecule has 0 aliphatic heterocycles. The van der Waals surface area contributed by atoms with E-state index in [2.05, 4.69) is 0 Å². The molecule has 80 valence electrons. The fourth-order valence-corrected chi connectivity index (χ4v) is 1.03. The van der Waals surface area contributed by atoms with Gasteiger partial charge in [0.2, 0.25) is 0 Å². The summed E-state index contributed by atoms with van der Waals surface area (Å²) in [4.78, 5) is 20.9. The van der Waals surface area contributed by atoms with Gasteiger partial charge in [0.25, 0.3) is 0 Å². The van der Waals surface area contributed by atoms with Gasteiger partial charge >= 0.3 is 11.9 Å². The van der Waals surface area contributed by atoms with Crippen molar-refractivity contribution in [3.63, 3.8) is 0 Å². The molecule has 0 aliphatic rings. The Morgan fingerprint density at radius 2 is 2.00 bits per heavy atom. The third-order valence-corrected chi connectivity index (χ3v) is 1.79. The fraction of sp³-hybridized carbons (Fsp3) is 0.200. The maximum absolute atomic E-state index is 10.6. The molecule has 1 aromatic rings. The summed E-state index contributed by atoms with van der Waals surface area (Å²) >= 11 is 0. The molecule has 0 saturated heterocycles. The van der Waals surface area contributed by atoms with Crippen LogP contribution in [-0.2, 0) is 4.79 Å². The summed E-state index contributed by atoms with van der Waals surface area (Å²) in [5, 5.41) is 17.1. The molecule has 5 heteroatoms. The van der Waals surface area contributed by atoms with Gasteiger partial charge in [0.1, 0.15) is 5.75 Å². The van der Waals surface area contributed by atoms with E-state index in [0.717, 1.165) is 0 Å². The van der Waals surface area contributed by atoms with Crippen LogP contribution in [-0.4, -0.2) is 28.8 Å². The second-order valence-corrected chi connectivity index (χ2v) is 2.97. The standard InChI is InChI=1S/C10H10O5/c1-6-2-3-7(10(13)14)4-8(6)15-5-9(11)12/h2-4H,5H2,1H3,(H,11,12)(H,13,14). The lowest BCUT2D eigenvalue weighted by atomic mass is 10.1. The first-order chi connectivity index (χ1) is 7.00. The summed E-state index contributed by atoms with van der Waals surface area (Å²) in [6.45, 7) is 1.23. The van der Waals surface area contributed by atoms with Gasteiger partial charge in [-0.25, -0.2) is 9.59 Å². The lowest BCUT2D eigenvalue weighted by Gasteiger charge is -2.07. The van der Waals surface area contributed by atoms with Crippen molar-refractivity contribution in [2.75, 3.05) is 6.61 Å². The fourth-order valence-electron chi connectivity index (χ4n) is 1.03. The van der Waals surface area contributed by atoms with Crippen molar-refractivity contribution in [2.45, 2.75) is 6.92 Å². The number of hydrogen-bond acceptors (Lipinski definition) is 3. The van der Waals surface area contributed by atoms with Gasteiger partial charge in [-0.05, 0) is 24.6 Å². The topological polar surface area (TPSA) is 83.8 Å². The summed E-state index contributed by atoms with van der Waals surface area (Å²) in [6.07, 6.45) is 0. The molecule has 0 aliphatic carbocycles. The van der Waals surface area contributed by atoms with Crippen LogP contribution in [0.25, 0.3) is 0 Å². The van der Waals surface area contributed by atoms with Gasteiger partial charge in [0, 0.05) is 0 Å². The summed E-state index contributed by atoms with van der Waals surface area (Å²) in [6, 6.07) is 4.31. The van der Waals surface area contributed by atoms with Crippen LogP contribution in [0.15, 0.2) is 18.2 Å². The number of rotatable bonds is 4. The predicted octanol–water partition coefficient (Wildman–Crippen LogP) is 1.16. The average molecular weight is 210 g/mol. The number of carboxylic acids is 2. The van der Waals surface area contributed by atoms with Gasteiger partial charge < -0.3 is 14.9 Å². The minimum absolute atomic E-state index is 0.0704. The van der Waals surface area contributed by atoms with Gasteiger partial charge in [-0.1, -0.05) is 6.07 Å². The second-order valence-electron chi connectivity index (χ2n) is 2.97. The minimum atomic E-state index is -1.10. The van der Waals surface area contributed by atoms with E-state index in [1.165, 1.54) is 12.1 Å². The molecule has 0 fully saturated rings. The highest BCUT2D eigenvalue weighted by atomic mass is 16.5. The summed E-state index contributed by atoms with van der Waals surface area (Å²) in [5.74, 6) is -1.90. The molecule has 0 atom stereocenters. The number of aromatic carboxylic acids is 1. The van der Waals surface area contributed by atoms with Crippen molar-refractivity contribution in [3.8, 4) is 5.75 Å². The third kappa shape index (κ3) is 2.98. The molecule has 0 radical (unpaired) electrons. The number of hydrogen-bond donors (Lipinski definition) is 2. The van der Waals surface area contributed by atoms with E-state index in [0.29, 0.717) is 5.56 Å². The normalized spacial score (nSPS) is 9.67. The number of benzene rings is 1. The van der Waals surface area contributed by atoms with Crippen molar-refractivity contribution in [1.29, 1.82) is 0 Å². The Hall–Kier alpha value is -2.04. The first-order valence-electron chi connectivity index (χ1n) is 4.19. The molecule has 0 amide bonds. The zero-order valence-corrected chi connectivity index (χ0v) is 8.06. The third-order valence-electron chi connectivity index (χ3n) is 1.79. The smallest absolute Gasteiger partial charge is 0.341 e. The lowest BCUT2D eigenvalue weighted by Crippen LogP contribution is -2.10. The van der Waals surface area contributed by atoms with Crippen LogP contribution in [0.3, 0.4) is 0 Å². The van der Waals surface area contributed by atoms with Crippen molar-refractivity contribution < 1.29 is 24.5 Å². The molecule has 0 bridgehead atoms. The van der Waals surface area contributed by atoms with E-state index < -0.39 is 18.5 Å². The van der Waals surface area contributed by atoms with E-state index >= 15 is 0 Å². The van der Waals surface area contributed by atoms with E-state index in [-0.39, 0.29) is 11.3 Å². The molecule has 1 rings (SSSR count). The zero-order chi connectivity index (χ0) is 11.4. The quantitative estimate of drug-likeness (QED) is 0.778. The molecule has 5 nitrogen and oxygen atoms in total. The first kappa shape index (κ1) is 11.0. The van der Waals surface area contributed by atoms with E-state index in [1.54, 1.807) is 13.0 Å². The van der Waals surface area contributed by atoms with E-state index in [1.807, 2.05) is 0 Å². The lowest BCUT2D eigenvalue weighted by molar-refractivity contribution is -0.139. The minimum Gasteiger partial charge on any atom is -0.482 e. The first-order valence-corrected chi connectivity index (χ1v) is 4.19. The molecule has 0 spiro atoms. The Balaban J connectivity index is 2.90. The summed E-state index contributed by atoms with van der Waals surface area (Å²) in [5.41, 5.74) is 0.766. The Morgan fingerprint density at radius 1 is 1.33 bits per heavy atom. The highest BCUT2D eigenvalue weighted by Crippen LogP contribution is 2.19. The Morgan fingerprint density at radius 3 is 2.53 bits per heavy atom. The molecule has 0 heterocycles. The van der Waals surface area contributed by atoms with E-state index in [4.69, 9.17) is 14.9 Å². The Bertz CT molecular complexity index is 397. The molecule has 1 aromatic carbocycles. The van der Waals surface area contributed by atoms with Crippen LogP contribution in [0, 0.1) is 6.92 Å². The van der Waals surface area contributed by atoms with Gasteiger partial charge in [-0.2, -0.15) is 0 Å². The monoisotopic (exact) mass is 210 g/mol. The molecular formula is C10H10O5. The van der Waals surface area contributed by atoms with Gasteiger partial charge in [0.05, 0.1) is 5.56 Å². The summed E-state index contributed by atoms with van der Waals surface area (Å²) < 4.78 is 4.93. The Kier molecular flexibility index (Phi) is 3.28. The largest absolute Gasteiger partial charge is 0.482 e. The number of aryl methyl sites for hydroxylation is 1. The highest BCUT2D eigenvalue weighted by molar-refractivity contribution is 5.88. The second kappa shape index (κ2) is 4.45. The average Bonchev–Trinajstić information content (AvgIpc) is 2.16. The predicted molar refractivity (Wildman–Crippen MR) is 51.3 cm³/mol. The van der Waals surface area contributed by atoms with Crippen LogP contribution in [0.5, 0.6) is 5.75 Å². The van der Waals surface area contributed by atoms with Crippen LogP contribution in [0.1, 0.15) is 15.9 Å². The molecule has 0 unspecified atom stereocenters. The van der Waals surface area contributed by atoms with Gasteiger partial charge in [-0.15, -0.1) is 0 Å². The van der Waals surface area contributed by atoms with Crippen molar-refractivity contribution in [2.24, 2.45) is 0 Å². The molecule has 15 heavy (non-hydrogen) atoms. The van der Waals surface area contributed by atoms with Gasteiger partial charge in [0.15, 0.2) is 6.61 Å². The van der Waals surface area contributed by atoms with Crippen molar-refractivity contribution in [3.05, 3.63) is 29.3 Å². The van der Waals surface area contributed by atoms with Crippen LogP contribution >= 0.6 is 0 Å². The maximum atomic E-state index is 10.6. The van der Waals surface area contributed by atoms with Crippen LogP contribution in [0.2, 0.25) is 0 Å².